The van der Waals surface area contributed by atoms with Gasteiger partial charge in [0.05, 0.1) is 6.20 Å². The first kappa shape index (κ1) is 14.1. The van der Waals surface area contributed by atoms with E-state index in [0.717, 1.165) is 23.5 Å². The molecule has 0 saturated heterocycles. The van der Waals surface area contributed by atoms with Gasteiger partial charge in [0.1, 0.15) is 11.4 Å². The molecule has 0 unspecified atom stereocenters. The van der Waals surface area contributed by atoms with Gasteiger partial charge in [-0.15, -0.1) is 0 Å². The second kappa shape index (κ2) is 5.79. The van der Waals surface area contributed by atoms with Crippen LogP contribution in [0.25, 0.3) is 0 Å². The number of rotatable bonds is 7. The van der Waals surface area contributed by atoms with Crippen LogP contribution in [0, 0.1) is 0 Å². The van der Waals surface area contributed by atoms with Crippen LogP contribution in [0.4, 0.5) is 0 Å². The maximum Gasteiger partial charge on any atom is 0.325 e. The Morgan fingerprint density at radius 1 is 1.50 bits per heavy atom. The molecule has 0 saturated carbocycles. The summed E-state index contributed by atoms with van der Waals surface area (Å²) >= 11 is 0. The van der Waals surface area contributed by atoms with Gasteiger partial charge in [0, 0.05) is 19.2 Å². The monoisotopic (exact) mass is 301 g/mol. The van der Waals surface area contributed by atoms with Crippen molar-refractivity contribution in [2.45, 2.75) is 17.9 Å². The molecule has 0 aliphatic carbocycles. The summed E-state index contributed by atoms with van der Waals surface area (Å²) in [5.41, 5.74) is 0. The summed E-state index contributed by atoms with van der Waals surface area (Å²) in [6.45, 7) is -0.315. The van der Waals surface area contributed by atoms with Crippen molar-refractivity contribution < 1.29 is 22.8 Å². The Hall–Kier alpha value is -2.27. The highest BCUT2D eigenvalue weighted by molar-refractivity contribution is 7.89. The first-order chi connectivity index (χ1) is 9.47. The van der Waals surface area contributed by atoms with Gasteiger partial charge in [-0.2, -0.15) is 10.1 Å². The number of nitrogens with zero attached hydrogens (tertiary/aromatic N) is 4. The van der Waals surface area contributed by atoms with Crippen molar-refractivity contribution in [1.82, 2.24) is 24.6 Å². The number of nitrogens with one attached hydrogen (secondary N) is 1. The molecule has 2 rings (SSSR count). The molecule has 2 aromatic rings. The molecule has 0 aromatic carbocycles. The Kier molecular flexibility index (Phi) is 4.10. The van der Waals surface area contributed by atoms with Gasteiger partial charge >= 0.3 is 5.97 Å². The van der Waals surface area contributed by atoms with E-state index in [2.05, 4.69) is 24.5 Å². The fraction of sp³-hybridized carbons (Fsp3) is 0.333. The number of carbonyl (C=O) groups is 1. The first-order valence-electron chi connectivity index (χ1n) is 5.46. The molecule has 0 bridgehead atoms. The van der Waals surface area contributed by atoms with Gasteiger partial charge in [0.2, 0.25) is 16.4 Å². The summed E-state index contributed by atoms with van der Waals surface area (Å²) in [4.78, 5) is 14.1. The topological polar surface area (TPSA) is 140 Å². The van der Waals surface area contributed by atoms with Gasteiger partial charge in [0.25, 0.3) is 0 Å². The molecular weight excluding hydrogens is 290 g/mol. The minimum absolute atomic E-state index is 0.0893. The molecule has 0 aliphatic heterocycles. The number of carboxylic acids is 1. The lowest BCUT2D eigenvalue weighted by Gasteiger charge is -2.02. The summed E-state index contributed by atoms with van der Waals surface area (Å²) in [7, 11) is -3.74. The lowest BCUT2D eigenvalue weighted by Crippen LogP contribution is -2.26. The van der Waals surface area contributed by atoms with Gasteiger partial charge in [-0.3, -0.25) is 9.48 Å². The highest BCUT2D eigenvalue weighted by Gasteiger charge is 2.16. The molecule has 0 atom stereocenters. The van der Waals surface area contributed by atoms with Crippen molar-refractivity contribution in [1.29, 1.82) is 0 Å². The summed E-state index contributed by atoms with van der Waals surface area (Å²) in [5, 5.41) is 15.8. The molecule has 11 heteroatoms. The van der Waals surface area contributed by atoms with Gasteiger partial charge in [-0.05, 0) is 0 Å². The largest absolute Gasteiger partial charge is 0.480 e. The maximum atomic E-state index is 11.9. The van der Waals surface area contributed by atoms with E-state index in [1.807, 2.05) is 0 Å². The second-order valence-corrected chi connectivity index (χ2v) is 5.53. The average molecular weight is 301 g/mol. The molecule has 2 heterocycles. The third-order valence-electron chi connectivity index (χ3n) is 2.26. The average Bonchev–Trinajstić information content (AvgIpc) is 2.99. The summed E-state index contributed by atoms with van der Waals surface area (Å²) in [5.74, 6) is -0.726. The minimum Gasteiger partial charge on any atom is -0.480 e. The molecule has 10 nitrogen and oxygen atoms in total. The quantitative estimate of drug-likeness (QED) is 0.654. The van der Waals surface area contributed by atoms with Gasteiger partial charge in [-0.25, -0.2) is 13.1 Å². The SMILES string of the molecule is O=C(O)Cn1cc(S(=O)(=O)NCCc2ncon2)cn1. The molecule has 2 N–H and O–H groups in total. The lowest BCUT2D eigenvalue weighted by molar-refractivity contribution is -0.137. The number of hydrogen-bond acceptors (Lipinski definition) is 7. The van der Waals surface area contributed by atoms with Crippen molar-refractivity contribution in [3.8, 4) is 0 Å². The van der Waals surface area contributed by atoms with Gasteiger partial charge in [-0.1, -0.05) is 5.16 Å². The van der Waals surface area contributed by atoms with Crippen molar-refractivity contribution in [2.24, 2.45) is 0 Å². The van der Waals surface area contributed by atoms with E-state index >= 15 is 0 Å². The van der Waals surface area contributed by atoms with Crippen LogP contribution in [0.15, 0.2) is 28.2 Å². The predicted octanol–water partition coefficient (Wildman–Crippen LogP) is -1.13. The zero-order valence-electron chi connectivity index (χ0n) is 10.1. The number of sulfonamides is 1. The van der Waals surface area contributed by atoms with Gasteiger partial charge in [0.15, 0.2) is 5.82 Å². The molecular formula is C9H11N5O5S. The molecule has 108 valence electrons. The molecule has 0 amide bonds. The molecule has 2 aromatic heterocycles. The lowest BCUT2D eigenvalue weighted by atomic mass is 10.4. The van der Waals surface area contributed by atoms with E-state index in [0.29, 0.717) is 5.82 Å². The van der Waals surface area contributed by atoms with E-state index in [1.165, 1.54) is 0 Å². The predicted molar refractivity (Wildman–Crippen MR) is 63.1 cm³/mol. The van der Waals surface area contributed by atoms with Crippen LogP contribution in [0.5, 0.6) is 0 Å². The number of aromatic nitrogens is 4. The van der Waals surface area contributed by atoms with E-state index in [4.69, 9.17) is 5.11 Å². The smallest absolute Gasteiger partial charge is 0.325 e. The highest BCUT2D eigenvalue weighted by atomic mass is 32.2. The van der Waals surface area contributed by atoms with Crippen molar-refractivity contribution in [3.05, 3.63) is 24.6 Å². The molecule has 0 spiro atoms. The zero-order chi connectivity index (χ0) is 14.6. The van der Waals surface area contributed by atoms with Crippen LogP contribution in [-0.2, 0) is 27.8 Å². The number of hydrogen-bond donors (Lipinski definition) is 2. The normalized spacial score (nSPS) is 11.6. The van der Waals surface area contributed by atoms with Gasteiger partial charge < -0.3 is 9.63 Å². The van der Waals surface area contributed by atoms with E-state index in [1.54, 1.807) is 0 Å². The van der Waals surface area contributed by atoms with Crippen molar-refractivity contribution in [3.63, 3.8) is 0 Å². The van der Waals surface area contributed by atoms with Crippen LogP contribution >= 0.6 is 0 Å². The first-order valence-corrected chi connectivity index (χ1v) is 6.95. The van der Waals surface area contributed by atoms with Crippen LogP contribution < -0.4 is 4.72 Å². The zero-order valence-corrected chi connectivity index (χ0v) is 10.9. The van der Waals surface area contributed by atoms with Crippen molar-refractivity contribution >= 4 is 16.0 Å². The van der Waals surface area contributed by atoms with Crippen LogP contribution in [0.2, 0.25) is 0 Å². The Balaban J connectivity index is 1.95. The fourth-order valence-electron chi connectivity index (χ4n) is 1.39. The van der Waals surface area contributed by atoms with E-state index in [9.17, 15) is 13.2 Å². The number of aliphatic carboxylic acids is 1. The third kappa shape index (κ3) is 3.61. The molecule has 0 aliphatic rings. The van der Waals surface area contributed by atoms with Crippen LogP contribution in [0.3, 0.4) is 0 Å². The van der Waals surface area contributed by atoms with Crippen LogP contribution in [0.1, 0.15) is 5.82 Å². The molecule has 20 heavy (non-hydrogen) atoms. The fourth-order valence-corrected chi connectivity index (χ4v) is 2.38. The minimum atomic E-state index is -3.74. The Morgan fingerprint density at radius 3 is 2.95 bits per heavy atom. The third-order valence-corrected chi connectivity index (χ3v) is 3.68. The van der Waals surface area contributed by atoms with E-state index < -0.39 is 22.5 Å². The summed E-state index contributed by atoms with van der Waals surface area (Å²) < 4.78 is 31.6. The summed E-state index contributed by atoms with van der Waals surface area (Å²) in [6, 6.07) is 0. The van der Waals surface area contributed by atoms with Crippen molar-refractivity contribution in [2.75, 3.05) is 6.54 Å². The van der Waals surface area contributed by atoms with E-state index in [-0.39, 0.29) is 17.9 Å². The van der Waals surface area contributed by atoms with Crippen LogP contribution in [-0.4, -0.2) is 46.0 Å². The summed E-state index contributed by atoms with van der Waals surface area (Å²) in [6.07, 6.45) is 3.66. The maximum absolute atomic E-state index is 11.9. The molecule has 0 fully saturated rings. The Morgan fingerprint density at radius 2 is 2.30 bits per heavy atom. The molecule has 0 radical (unpaired) electrons. The number of carboxylic acid groups (broad SMARTS) is 1. The Bertz CT molecular complexity index is 677. The highest BCUT2D eigenvalue weighted by Crippen LogP contribution is 2.06. The Labute approximate surface area is 113 Å². The standard InChI is InChI=1S/C9H11N5O5S/c15-9(16)5-14-4-7(3-11-14)20(17,18)12-2-1-8-10-6-19-13-8/h3-4,6,12H,1-2,5H2,(H,15,16). The second-order valence-electron chi connectivity index (χ2n) is 3.76.